The highest BCUT2D eigenvalue weighted by atomic mass is 16.3. The van der Waals surface area contributed by atoms with E-state index < -0.39 is 0 Å². The Labute approximate surface area is 175 Å². The zero-order chi connectivity index (χ0) is 21.1. The molecule has 0 radical (unpaired) electrons. The molecule has 0 aliphatic rings. The lowest BCUT2D eigenvalue weighted by Gasteiger charge is -2.13. The smallest absolute Gasteiger partial charge is 0.0481 e. The highest BCUT2D eigenvalue weighted by molar-refractivity contribution is 5.74. The normalized spacial score (nSPS) is 10.6. The average molecular weight is 391 g/mol. The number of hydrogen-bond acceptors (Lipinski definition) is 2. The largest absolute Gasteiger partial charge is 0.396 e. The monoisotopic (exact) mass is 390 g/mol. The second-order valence-electron chi connectivity index (χ2n) is 7.06. The van der Waals surface area contributed by atoms with Gasteiger partial charge < -0.3 is 10.2 Å². The van der Waals surface area contributed by atoms with Crippen molar-refractivity contribution < 1.29 is 10.2 Å². The van der Waals surface area contributed by atoms with E-state index in [2.05, 4.69) is 73.7 Å². The summed E-state index contributed by atoms with van der Waals surface area (Å²) in [5, 5.41) is 18.4. The predicted octanol–water partition coefficient (Wildman–Crippen LogP) is 6.14. The molecule has 0 fully saturated rings. The van der Waals surface area contributed by atoms with Gasteiger partial charge in [-0.05, 0) is 52.6 Å². The number of aliphatic hydroxyl groups is 2. The van der Waals surface area contributed by atoms with Gasteiger partial charge in [0.2, 0.25) is 0 Å². The van der Waals surface area contributed by atoms with Gasteiger partial charge in [0.05, 0.1) is 0 Å². The van der Waals surface area contributed by atoms with Crippen molar-refractivity contribution in [2.45, 2.75) is 40.0 Å². The number of benzene rings is 3. The minimum Gasteiger partial charge on any atom is -0.396 e. The molecule has 0 aromatic heterocycles. The first kappa shape index (κ1) is 22.9. The summed E-state index contributed by atoms with van der Waals surface area (Å²) in [5.74, 6) is -0.0260. The van der Waals surface area contributed by atoms with E-state index >= 15 is 0 Å². The predicted molar refractivity (Wildman–Crippen MR) is 124 cm³/mol. The Bertz CT molecular complexity index is 834. The van der Waals surface area contributed by atoms with E-state index in [-0.39, 0.29) is 19.1 Å². The van der Waals surface area contributed by atoms with Gasteiger partial charge in [0.15, 0.2) is 0 Å². The minimum atomic E-state index is -0.0260. The molecule has 0 spiro atoms. The molecule has 0 bridgehead atoms. The molecule has 2 heteroatoms. The van der Waals surface area contributed by atoms with Gasteiger partial charge in [-0.1, -0.05) is 93.6 Å². The van der Waals surface area contributed by atoms with Gasteiger partial charge >= 0.3 is 0 Å². The fourth-order valence-electron chi connectivity index (χ4n) is 3.44. The maximum atomic E-state index is 9.20. The van der Waals surface area contributed by atoms with Gasteiger partial charge in [-0.25, -0.2) is 0 Å². The van der Waals surface area contributed by atoms with Crippen molar-refractivity contribution in [3.63, 3.8) is 0 Å². The van der Waals surface area contributed by atoms with Crippen molar-refractivity contribution in [2.75, 3.05) is 13.2 Å². The van der Waals surface area contributed by atoms with Crippen molar-refractivity contribution >= 4 is 0 Å². The Hall–Kier alpha value is -2.42. The highest BCUT2D eigenvalue weighted by Gasteiger charge is 2.08. The van der Waals surface area contributed by atoms with Crippen LogP contribution in [0.2, 0.25) is 0 Å². The topological polar surface area (TPSA) is 40.5 Å². The van der Waals surface area contributed by atoms with Gasteiger partial charge in [-0.3, -0.25) is 0 Å². The summed E-state index contributed by atoms with van der Waals surface area (Å²) in [5.41, 5.74) is 7.61. The summed E-state index contributed by atoms with van der Waals surface area (Å²) in [6.45, 7) is 6.29. The van der Waals surface area contributed by atoms with Gasteiger partial charge in [-0.2, -0.15) is 0 Å². The number of hydrogen-bond donors (Lipinski definition) is 2. The van der Waals surface area contributed by atoms with E-state index in [4.69, 9.17) is 0 Å². The summed E-state index contributed by atoms with van der Waals surface area (Å²) in [7, 11) is 0. The molecule has 0 aliphatic carbocycles. The fraction of sp³-hybridized carbons (Fsp3) is 0.333. The first-order chi connectivity index (χ1) is 14.2. The Balaban J connectivity index is 0.00000145. The molecule has 0 unspecified atom stereocenters. The molecule has 3 aromatic carbocycles. The summed E-state index contributed by atoms with van der Waals surface area (Å²) in [4.78, 5) is 0. The maximum absolute atomic E-state index is 9.20. The fourth-order valence-corrected chi connectivity index (χ4v) is 3.44. The standard InChI is InChI=1S/C25H28O2.C2H6/c1-2-21-16-24(22-6-4-3-5-7-22)14-15-25(21)23-12-10-19(11-13-23)8-9-20(17-26)18-27;1-2/h3-7,10-16,20,26-27H,2,8-9,17-18H2,1H3;1-2H3. The summed E-state index contributed by atoms with van der Waals surface area (Å²) < 4.78 is 0. The molecule has 2 nitrogen and oxygen atoms in total. The maximum Gasteiger partial charge on any atom is 0.0481 e. The lowest BCUT2D eigenvalue weighted by Crippen LogP contribution is -2.11. The first-order valence-electron chi connectivity index (χ1n) is 10.7. The number of aryl methyl sites for hydroxylation is 2. The zero-order valence-electron chi connectivity index (χ0n) is 17.9. The Morgan fingerprint density at radius 2 is 1.34 bits per heavy atom. The third-order valence-corrected chi connectivity index (χ3v) is 5.22. The van der Waals surface area contributed by atoms with E-state index in [1.54, 1.807) is 0 Å². The molecule has 0 amide bonds. The van der Waals surface area contributed by atoms with Crippen LogP contribution in [-0.4, -0.2) is 23.4 Å². The molecule has 154 valence electrons. The van der Waals surface area contributed by atoms with Gasteiger partial charge in [0.1, 0.15) is 0 Å². The van der Waals surface area contributed by atoms with Crippen molar-refractivity contribution in [1.82, 2.24) is 0 Å². The summed E-state index contributed by atoms with van der Waals surface area (Å²) >= 11 is 0. The number of aliphatic hydroxyl groups excluding tert-OH is 2. The van der Waals surface area contributed by atoms with Crippen molar-refractivity contribution in [1.29, 1.82) is 0 Å². The molecular weight excluding hydrogens is 356 g/mol. The molecule has 0 saturated heterocycles. The van der Waals surface area contributed by atoms with Gasteiger partial charge in [0.25, 0.3) is 0 Å². The second-order valence-corrected chi connectivity index (χ2v) is 7.06. The lowest BCUT2D eigenvalue weighted by molar-refractivity contribution is 0.144. The zero-order valence-corrected chi connectivity index (χ0v) is 17.9. The van der Waals surface area contributed by atoms with Crippen molar-refractivity contribution in [2.24, 2.45) is 5.92 Å². The molecule has 0 aliphatic heterocycles. The van der Waals surface area contributed by atoms with Crippen LogP contribution in [0.25, 0.3) is 22.3 Å². The van der Waals surface area contributed by atoms with Crippen LogP contribution in [0.15, 0.2) is 72.8 Å². The van der Waals surface area contributed by atoms with Crippen LogP contribution in [-0.2, 0) is 12.8 Å². The van der Waals surface area contributed by atoms with E-state index in [1.165, 1.54) is 33.4 Å². The summed E-state index contributed by atoms with van der Waals surface area (Å²) in [6.07, 6.45) is 2.67. The SMILES string of the molecule is CC.CCc1cc(-c2ccccc2)ccc1-c1ccc(CCC(CO)CO)cc1. The van der Waals surface area contributed by atoms with E-state index in [0.29, 0.717) is 0 Å². The molecular formula is C27H34O2. The molecule has 0 atom stereocenters. The third-order valence-electron chi connectivity index (χ3n) is 5.22. The lowest BCUT2D eigenvalue weighted by atomic mass is 9.92. The molecule has 0 saturated carbocycles. The number of rotatable bonds is 8. The molecule has 0 heterocycles. The van der Waals surface area contributed by atoms with Crippen molar-refractivity contribution in [3.05, 3.63) is 83.9 Å². The van der Waals surface area contributed by atoms with Crippen LogP contribution >= 0.6 is 0 Å². The molecule has 29 heavy (non-hydrogen) atoms. The minimum absolute atomic E-state index is 0.0260. The van der Waals surface area contributed by atoms with Crippen LogP contribution in [0.5, 0.6) is 0 Å². The second kappa shape index (κ2) is 12.2. The average Bonchev–Trinajstić information content (AvgIpc) is 2.81. The van der Waals surface area contributed by atoms with E-state index in [0.717, 1.165) is 19.3 Å². The molecule has 3 rings (SSSR count). The van der Waals surface area contributed by atoms with Crippen LogP contribution in [0.3, 0.4) is 0 Å². The van der Waals surface area contributed by atoms with E-state index in [1.807, 2.05) is 19.9 Å². The highest BCUT2D eigenvalue weighted by Crippen LogP contribution is 2.30. The third kappa shape index (κ3) is 6.28. The van der Waals surface area contributed by atoms with E-state index in [9.17, 15) is 10.2 Å². The quantitative estimate of drug-likeness (QED) is 0.485. The van der Waals surface area contributed by atoms with Crippen LogP contribution in [0, 0.1) is 5.92 Å². The Morgan fingerprint density at radius 1 is 0.724 bits per heavy atom. The van der Waals surface area contributed by atoms with Gasteiger partial charge in [-0.15, -0.1) is 0 Å². The van der Waals surface area contributed by atoms with Crippen molar-refractivity contribution in [3.8, 4) is 22.3 Å². The van der Waals surface area contributed by atoms with Crippen LogP contribution in [0.1, 0.15) is 38.3 Å². The summed E-state index contributed by atoms with van der Waals surface area (Å²) in [6, 6.07) is 25.9. The van der Waals surface area contributed by atoms with Crippen LogP contribution in [0.4, 0.5) is 0 Å². The first-order valence-corrected chi connectivity index (χ1v) is 10.7. The Kier molecular flexibility index (Phi) is 9.63. The Morgan fingerprint density at radius 3 is 1.93 bits per heavy atom. The van der Waals surface area contributed by atoms with Gasteiger partial charge in [0, 0.05) is 19.1 Å². The van der Waals surface area contributed by atoms with Crippen LogP contribution < -0.4 is 0 Å². The molecule has 2 N–H and O–H groups in total. The molecule has 3 aromatic rings.